The number of carbonyl (C=O) groups excluding carboxylic acids is 1. The Morgan fingerprint density at radius 3 is 2.69 bits per heavy atom. The van der Waals surface area contributed by atoms with Crippen LogP contribution in [0.15, 0.2) is 47.8 Å². The number of carbonyl (C=O) groups is 1. The van der Waals surface area contributed by atoms with E-state index >= 15 is 0 Å². The van der Waals surface area contributed by atoms with Gasteiger partial charge >= 0.3 is 0 Å². The van der Waals surface area contributed by atoms with E-state index in [9.17, 15) is 4.79 Å². The van der Waals surface area contributed by atoms with Crippen LogP contribution in [0.25, 0.3) is 10.6 Å². The molecule has 134 valence electrons. The van der Waals surface area contributed by atoms with E-state index in [1.807, 2.05) is 36.7 Å². The molecule has 5 heteroatoms. The molecule has 0 N–H and O–H groups in total. The van der Waals surface area contributed by atoms with Crippen LogP contribution in [0.1, 0.15) is 22.4 Å². The fraction of sp³-hybridized carbons (Fsp3) is 0.238. The maximum Gasteiger partial charge on any atom is 0.228 e. The molecule has 0 aliphatic heterocycles. The number of benzene rings is 2. The molecule has 3 nitrogen and oxygen atoms in total. The average molecular weight is 385 g/mol. The molecule has 0 saturated carbocycles. The number of aryl methyl sites for hydroxylation is 2. The molecule has 0 bridgehead atoms. The van der Waals surface area contributed by atoms with Crippen LogP contribution >= 0.6 is 22.9 Å². The second kappa shape index (κ2) is 8.02. The molecule has 26 heavy (non-hydrogen) atoms. The zero-order valence-corrected chi connectivity index (χ0v) is 16.7. The zero-order valence-electron chi connectivity index (χ0n) is 15.1. The number of hydrogen-bond acceptors (Lipinski definition) is 3. The van der Waals surface area contributed by atoms with Gasteiger partial charge < -0.3 is 4.90 Å². The Hall–Kier alpha value is -2.17. The first-order valence-electron chi connectivity index (χ1n) is 8.43. The minimum Gasteiger partial charge on any atom is -0.341 e. The molecular formula is C21H21ClN2OS. The molecule has 3 rings (SSSR count). The molecule has 2 aromatic carbocycles. The standard InChI is InChI=1S/C21H21ClN2OS/c1-14-8-9-16(15(2)10-14)12-24(3)20(25)11-17-13-26-21(23-17)18-6-4-5-7-19(18)22/h4-10,13H,11-12H2,1-3H3. The monoisotopic (exact) mass is 384 g/mol. The largest absolute Gasteiger partial charge is 0.341 e. The lowest BCUT2D eigenvalue weighted by Gasteiger charge is -2.18. The normalized spacial score (nSPS) is 10.8. The number of amides is 1. The molecule has 0 saturated heterocycles. The van der Waals surface area contributed by atoms with Crippen LogP contribution in [0.2, 0.25) is 5.02 Å². The van der Waals surface area contributed by atoms with E-state index < -0.39 is 0 Å². The van der Waals surface area contributed by atoms with Crippen LogP contribution in [0.3, 0.4) is 0 Å². The van der Waals surface area contributed by atoms with Crippen LogP contribution in [0.4, 0.5) is 0 Å². The number of rotatable bonds is 5. The van der Waals surface area contributed by atoms with Crippen LogP contribution < -0.4 is 0 Å². The van der Waals surface area contributed by atoms with Gasteiger partial charge in [-0.3, -0.25) is 4.79 Å². The lowest BCUT2D eigenvalue weighted by Crippen LogP contribution is -2.28. The van der Waals surface area contributed by atoms with Gasteiger partial charge in [0.2, 0.25) is 5.91 Å². The highest BCUT2D eigenvalue weighted by atomic mass is 35.5. The summed E-state index contributed by atoms with van der Waals surface area (Å²) in [4.78, 5) is 18.9. The number of nitrogens with zero attached hydrogens (tertiary/aromatic N) is 2. The lowest BCUT2D eigenvalue weighted by atomic mass is 10.1. The van der Waals surface area contributed by atoms with Crippen LogP contribution in [-0.4, -0.2) is 22.8 Å². The summed E-state index contributed by atoms with van der Waals surface area (Å²) in [6.07, 6.45) is 0.294. The van der Waals surface area contributed by atoms with Gasteiger partial charge in [-0.25, -0.2) is 4.98 Å². The second-order valence-electron chi connectivity index (χ2n) is 6.48. The molecule has 0 fully saturated rings. The van der Waals surface area contributed by atoms with E-state index in [0.717, 1.165) is 16.3 Å². The van der Waals surface area contributed by atoms with Crippen LogP contribution in [-0.2, 0) is 17.8 Å². The van der Waals surface area contributed by atoms with Gasteiger partial charge in [-0.15, -0.1) is 11.3 Å². The molecule has 0 unspecified atom stereocenters. The van der Waals surface area contributed by atoms with E-state index in [4.69, 9.17) is 11.6 Å². The Labute approximate surface area is 163 Å². The Morgan fingerprint density at radius 2 is 1.96 bits per heavy atom. The number of halogens is 1. The topological polar surface area (TPSA) is 33.2 Å². The highest BCUT2D eigenvalue weighted by Crippen LogP contribution is 2.30. The highest BCUT2D eigenvalue weighted by Gasteiger charge is 2.15. The third-order valence-electron chi connectivity index (χ3n) is 4.32. The molecule has 0 aliphatic rings. The molecule has 0 aliphatic carbocycles. The molecule has 0 spiro atoms. The van der Waals surface area contributed by atoms with E-state index in [2.05, 4.69) is 37.0 Å². The van der Waals surface area contributed by atoms with Gasteiger partial charge in [0.15, 0.2) is 0 Å². The van der Waals surface area contributed by atoms with Gasteiger partial charge in [0.1, 0.15) is 5.01 Å². The van der Waals surface area contributed by atoms with Crippen LogP contribution in [0.5, 0.6) is 0 Å². The van der Waals surface area contributed by atoms with Crippen molar-refractivity contribution in [1.82, 2.24) is 9.88 Å². The summed E-state index contributed by atoms with van der Waals surface area (Å²) in [6, 6.07) is 13.9. The number of thiazole rings is 1. The SMILES string of the molecule is Cc1ccc(CN(C)C(=O)Cc2csc(-c3ccccc3Cl)n2)c(C)c1. The third kappa shape index (κ3) is 4.32. The zero-order chi connectivity index (χ0) is 18.7. The molecule has 0 radical (unpaired) electrons. The second-order valence-corrected chi connectivity index (χ2v) is 7.75. The Kier molecular flexibility index (Phi) is 5.74. The minimum absolute atomic E-state index is 0.0565. The predicted octanol–water partition coefficient (Wildman–Crippen LogP) is 5.28. The minimum atomic E-state index is 0.0565. The highest BCUT2D eigenvalue weighted by molar-refractivity contribution is 7.13. The first-order chi connectivity index (χ1) is 12.4. The van der Waals surface area contributed by atoms with Crippen molar-refractivity contribution in [1.29, 1.82) is 0 Å². The van der Waals surface area contributed by atoms with Crippen molar-refractivity contribution in [2.75, 3.05) is 7.05 Å². The van der Waals surface area contributed by atoms with Gasteiger partial charge in [0.25, 0.3) is 0 Å². The van der Waals surface area contributed by atoms with Crippen molar-refractivity contribution in [3.8, 4) is 10.6 Å². The smallest absolute Gasteiger partial charge is 0.228 e. The lowest BCUT2D eigenvalue weighted by molar-refractivity contribution is -0.129. The van der Waals surface area contributed by atoms with Gasteiger partial charge in [0.05, 0.1) is 17.1 Å². The summed E-state index contributed by atoms with van der Waals surface area (Å²) in [6.45, 7) is 4.76. The van der Waals surface area contributed by atoms with Crippen molar-refractivity contribution in [3.05, 3.63) is 75.3 Å². The van der Waals surface area contributed by atoms with Crippen LogP contribution in [0, 0.1) is 13.8 Å². The van der Waals surface area contributed by atoms with Gasteiger partial charge in [-0.05, 0) is 31.0 Å². The van der Waals surface area contributed by atoms with E-state index in [-0.39, 0.29) is 5.91 Å². The Bertz CT molecular complexity index is 935. The van der Waals surface area contributed by atoms with E-state index in [0.29, 0.717) is 18.0 Å². The summed E-state index contributed by atoms with van der Waals surface area (Å²) in [5.41, 5.74) is 5.29. The van der Waals surface area contributed by atoms with Crippen molar-refractivity contribution < 1.29 is 4.79 Å². The summed E-state index contributed by atoms with van der Waals surface area (Å²) < 4.78 is 0. The maximum atomic E-state index is 12.6. The summed E-state index contributed by atoms with van der Waals surface area (Å²) in [7, 11) is 1.84. The van der Waals surface area contributed by atoms with Crippen molar-refractivity contribution in [2.24, 2.45) is 0 Å². The number of hydrogen-bond donors (Lipinski definition) is 0. The number of likely N-dealkylation sites (N-methyl/N-ethyl adjacent to an activating group) is 1. The predicted molar refractivity (Wildman–Crippen MR) is 109 cm³/mol. The van der Waals surface area contributed by atoms with Crippen molar-refractivity contribution >= 4 is 28.8 Å². The number of aromatic nitrogens is 1. The first-order valence-corrected chi connectivity index (χ1v) is 9.69. The Morgan fingerprint density at radius 1 is 1.19 bits per heavy atom. The summed E-state index contributed by atoms with van der Waals surface area (Å²) in [5, 5.41) is 3.45. The fourth-order valence-corrected chi connectivity index (χ4v) is 3.94. The average Bonchev–Trinajstić information content (AvgIpc) is 3.06. The maximum absolute atomic E-state index is 12.6. The van der Waals surface area contributed by atoms with Gasteiger partial charge in [-0.2, -0.15) is 0 Å². The van der Waals surface area contributed by atoms with Gasteiger partial charge in [0, 0.05) is 24.5 Å². The quantitative estimate of drug-likeness (QED) is 0.599. The van der Waals surface area contributed by atoms with Crippen molar-refractivity contribution in [2.45, 2.75) is 26.8 Å². The third-order valence-corrected chi connectivity index (χ3v) is 5.57. The molecule has 1 amide bonds. The molecular weight excluding hydrogens is 364 g/mol. The molecule has 1 heterocycles. The Balaban J connectivity index is 1.67. The van der Waals surface area contributed by atoms with E-state index in [1.54, 1.807) is 4.90 Å². The van der Waals surface area contributed by atoms with Crippen molar-refractivity contribution in [3.63, 3.8) is 0 Å². The molecule has 0 atom stereocenters. The molecule has 1 aromatic heterocycles. The van der Waals surface area contributed by atoms with Gasteiger partial charge in [-0.1, -0.05) is 53.6 Å². The fourth-order valence-electron chi connectivity index (χ4n) is 2.80. The first kappa shape index (κ1) is 18.6. The molecule has 3 aromatic rings. The summed E-state index contributed by atoms with van der Waals surface area (Å²) in [5.74, 6) is 0.0565. The van der Waals surface area contributed by atoms with E-state index in [1.165, 1.54) is 28.0 Å². The summed E-state index contributed by atoms with van der Waals surface area (Å²) >= 11 is 7.74.